The van der Waals surface area contributed by atoms with Crippen LogP contribution in [-0.2, 0) is 11.0 Å². The molecular weight excluding hydrogens is 345 g/mol. The summed E-state index contributed by atoms with van der Waals surface area (Å²) < 4.78 is 38.8. The number of halogens is 3. The lowest BCUT2D eigenvalue weighted by molar-refractivity contribution is -0.141. The highest BCUT2D eigenvalue weighted by Crippen LogP contribution is 2.29. The van der Waals surface area contributed by atoms with Gasteiger partial charge in [-0.2, -0.15) is 13.2 Å². The van der Waals surface area contributed by atoms with Gasteiger partial charge in [-0.15, -0.1) is 0 Å². The van der Waals surface area contributed by atoms with Gasteiger partial charge in [-0.1, -0.05) is 36.4 Å². The number of aryl methyl sites for hydroxylation is 1. The van der Waals surface area contributed by atoms with Crippen LogP contribution in [0.15, 0.2) is 48.5 Å². The Morgan fingerprint density at radius 1 is 1.08 bits per heavy atom. The third kappa shape index (κ3) is 3.74. The molecule has 26 heavy (non-hydrogen) atoms. The molecule has 0 spiro atoms. The number of rotatable bonds is 4. The van der Waals surface area contributed by atoms with Gasteiger partial charge in [0.05, 0.1) is 0 Å². The summed E-state index contributed by atoms with van der Waals surface area (Å²) in [5.74, 6) is -1.06. The topological polar surface area (TPSA) is 80.9 Å². The smallest absolute Gasteiger partial charge is 0.368 e. The largest absolute Gasteiger partial charge is 0.433 e. The van der Waals surface area contributed by atoms with Gasteiger partial charge in [-0.25, -0.2) is 9.97 Å². The summed E-state index contributed by atoms with van der Waals surface area (Å²) in [6.07, 6.45) is -4.62. The van der Waals surface area contributed by atoms with Crippen molar-refractivity contribution in [2.45, 2.75) is 19.1 Å². The van der Waals surface area contributed by atoms with E-state index in [1.54, 1.807) is 18.2 Å². The van der Waals surface area contributed by atoms with Crippen LogP contribution in [0.5, 0.6) is 0 Å². The molecule has 0 saturated heterocycles. The van der Waals surface area contributed by atoms with Crippen molar-refractivity contribution >= 4 is 22.6 Å². The first-order valence-electron chi connectivity index (χ1n) is 7.71. The first-order valence-corrected chi connectivity index (χ1v) is 7.71. The third-order valence-electron chi connectivity index (χ3n) is 3.81. The molecule has 1 atom stereocenters. The highest BCUT2D eigenvalue weighted by molar-refractivity contribution is 5.88. The molecule has 0 fully saturated rings. The van der Waals surface area contributed by atoms with Crippen molar-refractivity contribution in [3.63, 3.8) is 0 Å². The van der Waals surface area contributed by atoms with Gasteiger partial charge in [0, 0.05) is 5.69 Å². The zero-order valence-corrected chi connectivity index (χ0v) is 13.7. The molecule has 0 aliphatic heterocycles. The highest BCUT2D eigenvalue weighted by Gasteiger charge is 2.33. The first-order chi connectivity index (χ1) is 12.2. The van der Waals surface area contributed by atoms with Crippen molar-refractivity contribution in [1.29, 1.82) is 0 Å². The molecule has 3 rings (SSSR count). The highest BCUT2D eigenvalue weighted by atomic mass is 19.4. The number of nitrogens with one attached hydrogen (secondary N) is 1. The number of hydrogen-bond acceptors (Lipinski definition) is 4. The number of primary amides is 1. The quantitative estimate of drug-likeness (QED) is 0.745. The lowest BCUT2D eigenvalue weighted by Gasteiger charge is -2.17. The molecule has 5 nitrogen and oxygen atoms in total. The van der Waals surface area contributed by atoms with Gasteiger partial charge in [0.15, 0.2) is 0 Å². The van der Waals surface area contributed by atoms with Crippen LogP contribution in [0, 0.1) is 6.92 Å². The number of aromatic nitrogens is 2. The summed E-state index contributed by atoms with van der Waals surface area (Å²) >= 11 is 0. The van der Waals surface area contributed by atoms with E-state index in [1.165, 1.54) is 6.92 Å². The Labute approximate surface area is 147 Å². The van der Waals surface area contributed by atoms with Crippen LogP contribution < -0.4 is 11.1 Å². The number of carbonyl (C=O) groups excluding carboxylic acids is 1. The summed E-state index contributed by atoms with van der Waals surface area (Å²) in [5, 5.41) is 4.45. The Bertz CT molecular complexity index is 972. The summed E-state index contributed by atoms with van der Waals surface area (Å²) in [6, 6.07) is 12.5. The van der Waals surface area contributed by atoms with E-state index < -0.39 is 23.8 Å². The van der Waals surface area contributed by atoms with Gasteiger partial charge in [0.2, 0.25) is 11.9 Å². The van der Waals surface area contributed by atoms with Gasteiger partial charge in [-0.05, 0) is 35.4 Å². The number of fused-ring (bicyclic) bond motifs is 1. The van der Waals surface area contributed by atoms with E-state index in [9.17, 15) is 18.0 Å². The molecule has 1 aromatic heterocycles. The maximum Gasteiger partial charge on any atom is 0.433 e. The van der Waals surface area contributed by atoms with Crippen LogP contribution in [0.1, 0.15) is 23.0 Å². The van der Waals surface area contributed by atoms with E-state index in [4.69, 9.17) is 5.73 Å². The number of nitrogens with zero attached hydrogens (tertiary/aromatic N) is 2. The lowest BCUT2D eigenvalue weighted by Crippen LogP contribution is -2.29. The van der Waals surface area contributed by atoms with E-state index in [1.807, 2.05) is 24.3 Å². The monoisotopic (exact) mass is 360 g/mol. The summed E-state index contributed by atoms with van der Waals surface area (Å²) in [7, 11) is 0. The maximum atomic E-state index is 12.9. The number of nitrogens with two attached hydrogens (primary N) is 1. The minimum atomic E-state index is -4.62. The van der Waals surface area contributed by atoms with E-state index in [2.05, 4.69) is 15.3 Å². The Balaban J connectivity index is 1.98. The zero-order chi connectivity index (χ0) is 18.9. The predicted molar refractivity (Wildman–Crippen MR) is 91.3 cm³/mol. The number of hydrogen-bond donors (Lipinski definition) is 2. The molecule has 2 aromatic carbocycles. The minimum absolute atomic E-state index is 0.122. The van der Waals surface area contributed by atoms with Crippen molar-refractivity contribution in [3.8, 4) is 0 Å². The molecule has 1 heterocycles. The molecule has 0 radical (unpaired) electrons. The fourth-order valence-electron chi connectivity index (χ4n) is 2.61. The van der Waals surface area contributed by atoms with Crippen LogP contribution in [0.3, 0.4) is 0 Å². The van der Waals surface area contributed by atoms with Gasteiger partial charge in [0.1, 0.15) is 11.7 Å². The molecule has 0 saturated carbocycles. The van der Waals surface area contributed by atoms with E-state index in [0.717, 1.165) is 16.8 Å². The van der Waals surface area contributed by atoms with Gasteiger partial charge in [-0.3, -0.25) is 4.79 Å². The Kier molecular flexibility index (Phi) is 4.50. The van der Waals surface area contributed by atoms with Crippen LogP contribution in [0.2, 0.25) is 0 Å². The minimum Gasteiger partial charge on any atom is -0.368 e. The van der Waals surface area contributed by atoms with Crippen molar-refractivity contribution in [2.75, 3.05) is 5.32 Å². The summed E-state index contributed by atoms with van der Waals surface area (Å²) in [6.45, 7) is 1.41. The normalized spacial score (nSPS) is 12.8. The van der Waals surface area contributed by atoms with E-state index in [0.29, 0.717) is 5.56 Å². The Morgan fingerprint density at radius 3 is 2.42 bits per heavy atom. The van der Waals surface area contributed by atoms with Crippen LogP contribution in [0.25, 0.3) is 10.8 Å². The third-order valence-corrected chi connectivity index (χ3v) is 3.81. The SMILES string of the molecule is Cc1cc(C(F)(F)F)nc(NC(C(N)=O)c2ccc3ccccc3c2)n1. The second kappa shape index (κ2) is 6.62. The molecule has 3 aromatic rings. The van der Waals surface area contributed by atoms with Crippen LogP contribution in [-0.4, -0.2) is 15.9 Å². The number of benzene rings is 2. The van der Waals surface area contributed by atoms with Crippen molar-refractivity contribution in [3.05, 3.63) is 65.5 Å². The molecule has 0 aliphatic carbocycles. The number of amides is 1. The first kappa shape index (κ1) is 17.7. The molecule has 0 aliphatic rings. The van der Waals surface area contributed by atoms with E-state index >= 15 is 0 Å². The van der Waals surface area contributed by atoms with Crippen molar-refractivity contribution < 1.29 is 18.0 Å². The Hall–Kier alpha value is -3.16. The standard InChI is InChI=1S/C18H15F3N4O/c1-10-8-14(18(19,20)21)24-17(23-10)25-15(16(22)26)13-7-6-11-4-2-3-5-12(11)9-13/h2-9,15H,1H3,(H2,22,26)(H,23,24,25). The fraction of sp³-hybridized carbons (Fsp3) is 0.167. The molecule has 0 bridgehead atoms. The zero-order valence-electron chi connectivity index (χ0n) is 13.7. The Morgan fingerprint density at radius 2 is 1.77 bits per heavy atom. The maximum absolute atomic E-state index is 12.9. The average molecular weight is 360 g/mol. The molecular formula is C18H15F3N4O. The summed E-state index contributed by atoms with van der Waals surface area (Å²) in [4.78, 5) is 19.3. The number of carbonyl (C=O) groups is 1. The summed E-state index contributed by atoms with van der Waals surface area (Å²) in [5.41, 5.74) is 4.99. The van der Waals surface area contributed by atoms with Gasteiger partial charge < -0.3 is 11.1 Å². The van der Waals surface area contributed by atoms with Crippen molar-refractivity contribution in [1.82, 2.24) is 9.97 Å². The molecule has 1 unspecified atom stereocenters. The second-order valence-corrected chi connectivity index (χ2v) is 5.80. The van der Waals surface area contributed by atoms with Crippen LogP contribution in [0.4, 0.5) is 19.1 Å². The van der Waals surface area contributed by atoms with Crippen molar-refractivity contribution in [2.24, 2.45) is 5.73 Å². The van der Waals surface area contributed by atoms with Gasteiger partial charge >= 0.3 is 6.18 Å². The number of alkyl halides is 3. The molecule has 3 N–H and O–H groups in total. The number of anilines is 1. The predicted octanol–water partition coefficient (Wildman–Crippen LogP) is 3.60. The molecule has 1 amide bonds. The fourth-order valence-corrected chi connectivity index (χ4v) is 2.61. The van der Waals surface area contributed by atoms with Gasteiger partial charge in [0.25, 0.3) is 0 Å². The lowest BCUT2D eigenvalue weighted by atomic mass is 10.0. The van der Waals surface area contributed by atoms with E-state index in [-0.39, 0.29) is 11.6 Å². The molecule has 8 heteroatoms. The molecule has 134 valence electrons. The average Bonchev–Trinajstić information content (AvgIpc) is 2.58. The van der Waals surface area contributed by atoms with Crippen LogP contribution >= 0.6 is 0 Å². The second-order valence-electron chi connectivity index (χ2n) is 5.80.